The lowest BCUT2D eigenvalue weighted by molar-refractivity contribution is 0.194. The molecule has 3 heteroatoms. The van der Waals surface area contributed by atoms with Crippen LogP contribution < -0.4 is 0 Å². The zero-order valence-corrected chi connectivity index (χ0v) is 9.39. The summed E-state index contributed by atoms with van der Waals surface area (Å²) >= 11 is 5.94. The van der Waals surface area contributed by atoms with Gasteiger partial charge in [-0.15, -0.1) is 0 Å². The fourth-order valence-corrected chi connectivity index (χ4v) is 1.67. The Balaban J connectivity index is 3.19. The standard InChI is InChI=1S/C11H15ClO2/c1-6-4-9(5-7(2)13)11(14)10(12)8(6)3/h4,7,13-14H,5H2,1-3H3. The van der Waals surface area contributed by atoms with Crippen molar-refractivity contribution in [3.05, 3.63) is 27.8 Å². The normalized spacial score (nSPS) is 12.9. The summed E-state index contributed by atoms with van der Waals surface area (Å²) in [5.74, 6) is 0.0932. The van der Waals surface area contributed by atoms with E-state index in [4.69, 9.17) is 11.6 Å². The van der Waals surface area contributed by atoms with Crippen LogP contribution in [-0.2, 0) is 6.42 Å². The summed E-state index contributed by atoms with van der Waals surface area (Å²) in [6, 6.07) is 1.86. The molecule has 14 heavy (non-hydrogen) atoms. The molecule has 1 aromatic carbocycles. The summed E-state index contributed by atoms with van der Waals surface area (Å²) in [6.45, 7) is 5.48. The van der Waals surface area contributed by atoms with Gasteiger partial charge in [0.25, 0.3) is 0 Å². The number of halogens is 1. The Morgan fingerprint density at radius 3 is 2.50 bits per heavy atom. The van der Waals surface area contributed by atoms with E-state index in [0.717, 1.165) is 11.1 Å². The van der Waals surface area contributed by atoms with Crippen LogP contribution in [0.1, 0.15) is 23.6 Å². The van der Waals surface area contributed by atoms with Crippen LogP contribution >= 0.6 is 11.6 Å². The third-order valence-electron chi connectivity index (χ3n) is 2.34. The van der Waals surface area contributed by atoms with Crippen molar-refractivity contribution >= 4 is 11.6 Å². The van der Waals surface area contributed by atoms with Gasteiger partial charge in [-0.3, -0.25) is 0 Å². The van der Waals surface area contributed by atoms with Crippen molar-refractivity contribution in [2.75, 3.05) is 0 Å². The number of aliphatic hydroxyl groups is 1. The van der Waals surface area contributed by atoms with Crippen molar-refractivity contribution in [1.82, 2.24) is 0 Å². The van der Waals surface area contributed by atoms with E-state index in [2.05, 4.69) is 0 Å². The smallest absolute Gasteiger partial charge is 0.137 e. The van der Waals surface area contributed by atoms with Crippen molar-refractivity contribution in [3.63, 3.8) is 0 Å². The fraction of sp³-hybridized carbons (Fsp3) is 0.455. The first-order valence-electron chi connectivity index (χ1n) is 4.59. The molecule has 0 saturated heterocycles. The molecule has 1 unspecified atom stereocenters. The molecule has 78 valence electrons. The van der Waals surface area contributed by atoms with Crippen LogP contribution in [0.5, 0.6) is 5.75 Å². The third-order valence-corrected chi connectivity index (χ3v) is 2.80. The van der Waals surface area contributed by atoms with E-state index in [9.17, 15) is 10.2 Å². The van der Waals surface area contributed by atoms with Gasteiger partial charge in [-0.25, -0.2) is 0 Å². The van der Waals surface area contributed by atoms with Gasteiger partial charge in [-0.05, 0) is 37.5 Å². The van der Waals surface area contributed by atoms with Gasteiger partial charge in [0, 0.05) is 6.42 Å². The number of rotatable bonds is 2. The van der Waals surface area contributed by atoms with E-state index in [0.29, 0.717) is 17.0 Å². The maximum absolute atomic E-state index is 9.71. The highest BCUT2D eigenvalue weighted by molar-refractivity contribution is 6.33. The van der Waals surface area contributed by atoms with Crippen molar-refractivity contribution in [2.24, 2.45) is 0 Å². The SMILES string of the molecule is Cc1cc(CC(C)O)c(O)c(Cl)c1C. The Hall–Kier alpha value is -0.730. The van der Waals surface area contributed by atoms with Gasteiger partial charge in [0.05, 0.1) is 11.1 Å². The molecule has 0 spiro atoms. The summed E-state index contributed by atoms with van der Waals surface area (Å²) in [4.78, 5) is 0. The van der Waals surface area contributed by atoms with Crippen LogP contribution in [-0.4, -0.2) is 16.3 Å². The van der Waals surface area contributed by atoms with E-state index < -0.39 is 6.10 Å². The van der Waals surface area contributed by atoms with E-state index in [1.54, 1.807) is 6.92 Å². The van der Waals surface area contributed by atoms with Crippen molar-refractivity contribution in [2.45, 2.75) is 33.3 Å². The van der Waals surface area contributed by atoms with Crippen molar-refractivity contribution in [3.8, 4) is 5.75 Å². The van der Waals surface area contributed by atoms with Gasteiger partial charge in [0.2, 0.25) is 0 Å². The number of phenolic OH excluding ortho intramolecular Hbond substituents is 1. The minimum absolute atomic E-state index is 0.0932. The number of aryl methyl sites for hydroxylation is 1. The van der Waals surface area contributed by atoms with Gasteiger partial charge in [0.15, 0.2) is 0 Å². The predicted molar refractivity (Wildman–Crippen MR) is 58.0 cm³/mol. The van der Waals surface area contributed by atoms with Crippen molar-refractivity contribution in [1.29, 1.82) is 0 Å². The minimum atomic E-state index is -0.473. The van der Waals surface area contributed by atoms with E-state index >= 15 is 0 Å². The zero-order chi connectivity index (χ0) is 10.9. The number of hydrogen-bond acceptors (Lipinski definition) is 2. The quantitative estimate of drug-likeness (QED) is 0.795. The molecule has 0 aromatic heterocycles. The average molecular weight is 215 g/mol. The molecule has 2 N–H and O–H groups in total. The van der Waals surface area contributed by atoms with Gasteiger partial charge >= 0.3 is 0 Å². The van der Waals surface area contributed by atoms with Gasteiger partial charge in [-0.2, -0.15) is 0 Å². The first kappa shape index (κ1) is 11.3. The number of aromatic hydroxyl groups is 1. The molecule has 1 aromatic rings. The number of phenols is 1. The highest BCUT2D eigenvalue weighted by Gasteiger charge is 2.12. The largest absolute Gasteiger partial charge is 0.506 e. The second-order valence-electron chi connectivity index (χ2n) is 3.69. The maximum Gasteiger partial charge on any atom is 0.137 e. The molecule has 0 radical (unpaired) electrons. The van der Waals surface area contributed by atoms with E-state index in [-0.39, 0.29) is 5.75 Å². The lowest BCUT2D eigenvalue weighted by atomic mass is 10.0. The van der Waals surface area contributed by atoms with Crippen LogP contribution in [0.3, 0.4) is 0 Å². The topological polar surface area (TPSA) is 40.5 Å². The lowest BCUT2D eigenvalue weighted by Gasteiger charge is -2.12. The number of aliphatic hydroxyl groups excluding tert-OH is 1. The van der Waals surface area contributed by atoms with E-state index in [1.807, 2.05) is 19.9 Å². The molecular weight excluding hydrogens is 200 g/mol. The molecule has 0 saturated carbocycles. The summed E-state index contributed by atoms with van der Waals surface area (Å²) in [6.07, 6.45) is -0.0498. The van der Waals surface area contributed by atoms with Crippen LogP contribution in [0.25, 0.3) is 0 Å². The monoisotopic (exact) mass is 214 g/mol. The molecule has 2 nitrogen and oxygen atoms in total. The summed E-state index contributed by atoms with van der Waals surface area (Å²) < 4.78 is 0. The first-order chi connectivity index (χ1) is 6.43. The Morgan fingerprint density at radius 2 is 2.00 bits per heavy atom. The van der Waals surface area contributed by atoms with Crippen LogP contribution in [0.2, 0.25) is 5.02 Å². The van der Waals surface area contributed by atoms with Crippen LogP contribution in [0, 0.1) is 13.8 Å². The number of hydrogen-bond donors (Lipinski definition) is 2. The Bertz CT molecular complexity index is 346. The molecular formula is C11H15ClO2. The second-order valence-corrected chi connectivity index (χ2v) is 4.07. The molecule has 0 aliphatic carbocycles. The van der Waals surface area contributed by atoms with E-state index in [1.165, 1.54) is 0 Å². The fourth-order valence-electron chi connectivity index (χ4n) is 1.40. The number of benzene rings is 1. The predicted octanol–water partition coefficient (Wildman–Crippen LogP) is 2.59. The van der Waals surface area contributed by atoms with Crippen molar-refractivity contribution < 1.29 is 10.2 Å². The summed E-state index contributed by atoms with van der Waals surface area (Å²) in [5, 5.41) is 19.3. The van der Waals surface area contributed by atoms with Gasteiger partial charge < -0.3 is 10.2 Å². The second kappa shape index (κ2) is 4.20. The molecule has 0 fully saturated rings. The summed E-state index contributed by atoms with van der Waals surface area (Å²) in [5.41, 5.74) is 2.62. The molecule has 0 amide bonds. The Labute approximate surface area is 89.1 Å². The molecule has 0 bridgehead atoms. The minimum Gasteiger partial charge on any atom is -0.506 e. The highest BCUT2D eigenvalue weighted by atomic mass is 35.5. The molecule has 1 atom stereocenters. The molecule has 0 heterocycles. The summed E-state index contributed by atoms with van der Waals surface area (Å²) in [7, 11) is 0. The first-order valence-corrected chi connectivity index (χ1v) is 4.97. The highest BCUT2D eigenvalue weighted by Crippen LogP contribution is 2.33. The van der Waals surface area contributed by atoms with Gasteiger partial charge in [-0.1, -0.05) is 17.7 Å². The third kappa shape index (κ3) is 2.20. The van der Waals surface area contributed by atoms with Crippen LogP contribution in [0.15, 0.2) is 6.07 Å². The average Bonchev–Trinajstić information content (AvgIpc) is 2.10. The lowest BCUT2D eigenvalue weighted by Crippen LogP contribution is -2.05. The van der Waals surface area contributed by atoms with Gasteiger partial charge in [0.1, 0.15) is 5.75 Å². The molecule has 0 aliphatic heterocycles. The molecule has 1 rings (SSSR count). The molecule has 0 aliphatic rings. The zero-order valence-electron chi connectivity index (χ0n) is 8.63. The Morgan fingerprint density at radius 1 is 1.43 bits per heavy atom. The van der Waals surface area contributed by atoms with Crippen LogP contribution in [0.4, 0.5) is 0 Å². The maximum atomic E-state index is 9.71. The Kier molecular flexibility index (Phi) is 3.40.